The van der Waals surface area contributed by atoms with Crippen LogP contribution < -0.4 is 10.6 Å². The fourth-order valence-electron chi connectivity index (χ4n) is 3.05. The smallest absolute Gasteiger partial charge is 0.255 e. The number of amides is 1. The lowest BCUT2D eigenvalue weighted by molar-refractivity contribution is 0.0900. The number of nitrogens with one attached hydrogen (secondary N) is 2. The summed E-state index contributed by atoms with van der Waals surface area (Å²) in [6, 6.07) is 2.10. The predicted octanol–water partition coefficient (Wildman–Crippen LogP) is 3.83. The van der Waals surface area contributed by atoms with Crippen LogP contribution in [0.1, 0.15) is 50.4 Å². The van der Waals surface area contributed by atoms with E-state index >= 15 is 0 Å². The highest BCUT2D eigenvalue weighted by Gasteiger charge is 2.27. The number of pyridine rings is 1. The van der Waals surface area contributed by atoms with Gasteiger partial charge in [-0.05, 0) is 60.0 Å². The topological polar surface area (TPSA) is 54.0 Å². The Morgan fingerprint density at radius 3 is 2.86 bits per heavy atom. The van der Waals surface area contributed by atoms with Gasteiger partial charge in [0.2, 0.25) is 0 Å². The second-order valence-corrected chi connectivity index (χ2v) is 6.97. The van der Waals surface area contributed by atoms with Crippen molar-refractivity contribution in [1.82, 2.24) is 10.3 Å². The second-order valence-electron chi connectivity index (χ2n) is 6.06. The molecule has 2 rings (SSSR count). The standard InChI is InChI=1S/C16H24BrN3O/c1-4-18-15-13(8-12(17)9-19-15)16(21)20-14-6-5-10(2)7-11(14)3/h8-11,14H,4-7H2,1-3H3,(H,18,19)(H,20,21). The molecule has 1 aliphatic rings. The van der Waals surface area contributed by atoms with E-state index in [1.165, 1.54) is 12.8 Å². The molecule has 1 saturated carbocycles. The van der Waals surface area contributed by atoms with Gasteiger partial charge in [0.1, 0.15) is 5.82 Å². The molecule has 21 heavy (non-hydrogen) atoms. The summed E-state index contributed by atoms with van der Waals surface area (Å²) in [6.07, 6.45) is 5.14. The maximum Gasteiger partial charge on any atom is 0.255 e. The number of carbonyl (C=O) groups is 1. The summed E-state index contributed by atoms with van der Waals surface area (Å²) in [4.78, 5) is 16.9. The summed E-state index contributed by atoms with van der Waals surface area (Å²) in [6.45, 7) is 7.25. The fraction of sp³-hybridized carbons (Fsp3) is 0.625. The van der Waals surface area contributed by atoms with E-state index in [-0.39, 0.29) is 11.9 Å². The summed E-state index contributed by atoms with van der Waals surface area (Å²) in [5, 5.41) is 6.34. The molecule has 0 aliphatic heterocycles. The van der Waals surface area contributed by atoms with Crippen LogP contribution in [0.25, 0.3) is 0 Å². The van der Waals surface area contributed by atoms with Gasteiger partial charge in [-0.25, -0.2) is 4.98 Å². The Bertz CT molecular complexity index is 506. The van der Waals surface area contributed by atoms with Gasteiger partial charge in [-0.3, -0.25) is 4.79 Å². The van der Waals surface area contributed by atoms with Crippen LogP contribution in [0, 0.1) is 11.8 Å². The van der Waals surface area contributed by atoms with Crippen molar-refractivity contribution in [1.29, 1.82) is 0 Å². The molecule has 116 valence electrons. The molecule has 0 radical (unpaired) electrons. The second kappa shape index (κ2) is 7.25. The highest BCUT2D eigenvalue weighted by molar-refractivity contribution is 9.10. The van der Waals surface area contributed by atoms with E-state index in [1.54, 1.807) is 6.20 Å². The highest BCUT2D eigenvalue weighted by Crippen LogP contribution is 2.29. The summed E-state index contributed by atoms with van der Waals surface area (Å²) in [5.41, 5.74) is 0.608. The number of hydrogen-bond donors (Lipinski definition) is 2. The minimum absolute atomic E-state index is 0.0360. The molecule has 3 atom stereocenters. The summed E-state index contributed by atoms with van der Waals surface area (Å²) >= 11 is 3.39. The van der Waals surface area contributed by atoms with Gasteiger partial charge in [0.25, 0.3) is 5.91 Å². The zero-order valence-electron chi connectivity index (χ0n) is 12.9. The average molecular weight is 354 g/mol. The number of halogens is 1. The van der Waals surface area contributed by atoms with Crippen molar-refractivity contribution in [3.05, 3.63) is 22.3 Å². The molecule has 0 saturated heterocycles. The SMILES string of the molecule is CCNc1ncc(Br)cc1C(=O)NC1CCC(C)CC1C. The van der Waals surface area contributed by atoms with Crippen LogP contribution in [0.15, 0.2) is 16.7 Å². The molecular weight excluding hydrogens is 330 g/mol. The monoisotopic (exact) mass is 353 g/mol. The van der Waals surface area contributed by atoms with Crippen LogP contribution in [0.2, 0.25) is 0 Å². The first-order valence-electron chi connectivity index (χ1n) is 7.71. The average Bonchev–Trinajstić information content (AvgIpc) is 2.44. The van der Waals surface area contributed by atoms with Crippen molar-refractivity contribution in [3.8, 4) is 0 Å². The molecule has 2 N–H and O–H groups in total. The lowest BCUT2D eigenvalue weighted by Crippen LogP contribution is -2.42. The quantitative estimate of drug-likeness (QED) is 0.864. The molecule has 1 aromatic heterocycles. The third kappa shape index (κ3) is 4.19. The Hall–Kier alpha value is -1.10. The van der Waals surface area contributed by atoms with E-state index in [9.17, 15) is 4.79 Å². The first-order valence-corrected chi connectivity index (χ1v) is 8.50. The molecular formula is C16H24BrN3O. The van der Waals surface area contributed by atoms with E-state index in [1.807, 2.05) is 13.0 Å². The Morgan fingerprint density at radius 2 is 2.19 bits per heavy atom. The van der Waals surface area contributed by atoms with Gasteiger partial charge in [0.05, 0.1) is 5.56 Å². The van der Waals surface area contributed by atoms with Crippen molar-refractivity contribution in [2.24, 2.45) is 11.8 Å². The van der Waals surface area contributed by atoms with Gasteiger partial charge in [-0.2, -0.15) is 0 Å². The highest BCUT2D eigenvalue weighted by atomic mass is 79.9. The molecule has 4 nitrogen and oxygen atoms in total. The zero-order valence-corrected chi connectivity index (χ0v) is 14.5. The predicted molar refractivity (Wildman–Crippen MR) is 89.5 cm³/mol. The Balaban J connectivity index is 2.11. The van der Waals surface area contributed by atoms with Gasteiger partial charge in [0, 0.05) is 23.3 Å². The molecule has 0 bridgehead atoms. The number of aromatic nitrogens is 1. The van der Waals surface area contributed by atoms with Crippen LogP contribution in [-0.4, -0.2) is 23.5 Å². The number of carbonyl (C=O) groups excluding carboxylic acids is 1. The first kappa shape index (κ1) is 16.3. The molecule has 1 fully saturated rings. The van der Waals surface area contributed by atoms with Crippen molar-refractivity contribution in [2.75, 3.05) is 11.9 Å². The lowest BCUT2D eigenvalue weighted by Gasteiger charge is -2.33. The van der Waals surface area contributed by atoms with Crippen LogP contribution in [0.5, 0.6) is 0 Å². The van der Waals surface area contributed by atoms with E-state index in [2.05, 4.69) is 45.4 Å². The molecule has 1 aliphatic carbocycles. The Morgan fingerprint density at radius 1 is 1.43 bits per heavy atom. The first-order chi connectivity index (χ1) is 10.0. The lowest BCUT2D eigenvalue weighted by atomic mass is 9.80. The molecule has 5 heteroatoms. The van der Waals surface area contributed by atoms with E-state index in [0.29, 0.717) is 17.3 Å². The molecule has 1 heterocycles. The van der Waals surface area contributed by atoms with Crippen LogP contribution in [0.3, 0.4) is 0 Å². The molecule has 0 aromatic carbocycles. The maximum atomic E-state index is 12.6. The molecule has 3 unspecified atom stereocenters. The number of nitrogens with zero attached hydrogens (tertiary/aromatic N) is 1. The van der Waals surface area contributed by atoms with Crippen LogP contribution in [0.4, 0.5) is 5.82 Å². The van der Waals surface area contributed by atoms with Gasteiger partial charge < -0.3 is 10.6 Å². The van der Waals surface area contributed by atoms with Gasteiger partial charge in [-0.1, -0.05) is 13.8 Å². The van der Waals surface area contributed by atoms with E-state index in [0.717, 1.165) is 23.4 Å². The third-order valence-electron chi connectivity index (χ3n) is 4.19. The zero-order chi connectivity index (χ0) is 15.4. The minimum Gasteiger partial charge on any atom is -0.370 e. The third-order valence-corrected chi connectivity index (χ3v) is 4.62. The van der Waals surface area contributed by atoms with Crippen molar-refractivity contribution >= 4 is 27.7 Å². The van der Waals surface area contributed by atoms with Crippen molar-refractivity contribution in [3.63, 3.8) is 0 Å². The van der Waals surface area contributed by atoms with Gasteiger partial charge >= 0.3 is 0 Å². The minimum atomic E-state index is -0.0360. The molecule has 1 amide bonds. The maximum absolute atomic E-state index is 12.6. The largest absolute Gasteiger partial charge is 0.370 e. The van der Waals surface area contributed by atoms with Crippen molar-refractivity contribution < 1.29 is 4.79 Å². The fourth-order valence-corrected chi connectivity index (χ4v) is 3.38. The normalized spacial score (nSPS) is 25.4. The summed E-state index contributed by atoms with van der Waals surface area (Å²) < 4.78 is 0.819. The summed E-state index contributed by atoms with van der Waals surface area (Å²) in [5.74, 6) is 1.90. The molecule has 1 aromatic rings. The van der Waals surface area contributed by atoms with Crippen molar-refractivity contribution in [2.45, 2.75) is 46.1 Å². The van der Waals surface area contributed by atoms with Gasteiger partial charge in [0.15, 0.2) is 0 Å². The molecule has 0 spiro atoms. The van der Waals surface area contributed by atoms with Gasteiger partial charge in [-0.15, -0.1) is 0 Å². The number of hydrogen-bond acceptors (Lipinski definition) is 3. The Labute approximate surface area is 135 Å². The number of rotatable bonds is 4. The Kier molecular flexibility index (Phi) is 5.62. The van der Waals surface area contributed by atoms with Crippen LogP contribution in [-0.2, 0) is 0 Å². The van der Waals surface area contributed by atoms with E-state index in [4.69, 9.17) is 0 Å². The van der Waals surface area contributed by atoms with E-state index < -0.39 is 0 Å². The summed E-state index contributed by atoms with van der Waals surface area (Å²) in [7, 11) is 0. The number of anilines is 1. The van der Waals surface area contributed by atoms with Crippen LogP contribution >= 0.6 is 15.9 Å².